The third-order valence-corrected chi connectivity index (χ3v) is 4.21. The molecule has 4 heteroatoms. The molecule has 0 amide bonds. The lowest BCUT2D eigenvalue weighted by molar-refractivity contribution is 0.368. The summed E-state index contributed by atoms with van der Waals surface area (Å²) in [6, 6.07) is 14.6. The molecule has 0 saturated carbocycles. The topological polar surface area (TPSA) is 45.0 Å². The maximum absolute atomic E-state index is 8.48. The van der Waals surface area contributed by atoms with Gasteiger partial charge in [-0.1, -0.05) is 18.2 Å². The van der Waals surface area contributed by atoms with Gasteiger partial charge in [0.05, 0.1) is 0 Å². The minimum atomic E-state index is 0.0859. The summed E-state index contributed by atoms with van der Waals surface area (Å²) in [6.45, 7) is 4.41. The highest BCUT2D eigenvalue weighted by Crippen LogP contribution is 2.23. The molecule has 0 saturated heterocycles. The first kappa shape index (κ1) is 14.6. The van der Waals surface area contributed by atoms with E-state index in [0.29, 0.717) is 6.04 Å². The van der Waals surface area contributed by atoms with E-state index in [-0.39, 0.29) is 12.6 Å². The number of hydrogen-bond donors (Lipinski definition) is 1. The summed E-state index contributed by atoms with van der Waals surface area (Å²) in [4.78, 5) is 1.34. The van der Waals surface area contributed by atoms with E-state index in [9.17, 15) is 0 Å². The molecule has 1 heterocycles. The lowest BCUT2D eigenvalue weighted by atomic mass is 10.1. The van der Waals surface area contributed by atoms with Gasteiger partial charge in [0, 0.05) is 17.0 Å². The van der Waals surface area contributed by atoms with Gasteiger partial charge in [0.25, 0.3) is 0 Å². The molecule has 2 aromatic rings. The summed E-state index contributed by atoms with van der Waals surface area (Å²) in [5.74, 6) is 0.730. The van der Waals surface area contributed by atoms with Crippen LogP contribution in [-0.2, 0) is 0 Å². The summed E-state index contributed by atoms with van der Waals surface area (Å²) in [5.41, 5.74) is 1.21. The number of rotatable bonds is 6. The molecule has 2 atom stereocenters. The van der Waals surface area contributed by atoms with Gasteiger partial charge in [-0.3, -0.25) is 0 Å². The molecule has 2 rings (SSSR count). The highest BCUT2D eigenvalue weighted by molar-refractivity contribution is 7.10. The number of nitrogens with one attached hydrogen (secondary N) is 1. The smallest absolute Gasteiger partial charge is 0.174 e. The zero-order valence-corrected chi connectivity index (χ0v) is 12.5. The Morgan fingerprint density at radius 1 is 1.20 bits per heavy atom. The standard InChI is InChI=1S/C16H18N2OS/c1-12(18-13(2)16-4-3-11-20-16)14-5-7-15(8-6-14)19-10-9-17/h3-8,11-13,18H,10H2,1-2H3/t12?,13-/m0/s1. The second kappa shape index (κ2) is 7.09. The first-order valence-corrected chi connectivity index (χ1v) is 7.48. The lowest BCUT2D eigenvalue weighted by Gasteiger charge is -2.19. The van der Waals surface area contributed by atoms with Gasteiger partial charge in [-0.05, 0) is 43.0 Å². The maximum Gasteiger partial charge on any atom is 0.174 e. The third kappa shape index (κ3) is 3.83. The second-order valence-electron chi connectivity index (χ2n) is 4.64. The zero-order chi connectivity index (χ0) is 14.4. The largest absolute Gasteiger partial charge is 0.479 e. The Hall–Kier alpha value is -1.83. The van der Waals surface area contributed by atoms with E-state index in [1.165, 1.54) is 10.4 Å². The fraction of sp³-hybridized carbons (Fsp3) is 0.312. The predicted octanol–water partition coefficient (Wildman–Crippen LogP) is 4.06. The van der Waals surface area contributed by atoms with E-state index < -0.39 is 0 Å². The van der Waals surface area contributed by atoms with Crippen LogP contribution in [0.4, 0.5) is 0 Å². The Morgan fingerprint density at radius 2 is 1.95 bits per heavy atom. The molecule has 3 nitrogen and oxygen atoms in total. The number of nitriles is 1. The van der Waals surface area contributed by atoms with Crippen LogP contribution in [0.2, 0.25) is 0 Å². The van der Waals surface area contributed by atoms with Gasteiger partial charge in [-0.2, -0.15) is 5.26 Å². The quantitative estimate of drug-likeness (QED) is 0.871. The molecule has 0 aliphatic heterocycles. The monoisotopic (exact) mass is 286 g/mol. The third-order valence-electron chi connectivity index (χ3n) is 3.15. The molecule has 1 aromatic carbocycles. The van der Waals surface area contributed by atoms with Crippen LogP contribution in [-0.4, -0.2) is 6.61 Å². The van der Waals surface area contributed by atoms with E-state index in [0.717, 1.165) is 5.75 Å². The molecule has 0 spiro atoms. The Balaban J connectivity index is 1.95. The molecule has 104 valence electrons. The second-order valence-corrected chi connectivity index (χ2v) is 5.62. The highest BCUT2D eigenvalue weighted by atomic mass is 32.1. The van der Waals surface area contributed by atoms with Crippen molar-refractivity contribution in [1.29, 1.82) is 5.26 Å². The van der Waals surface area contributed by atoms with Crippen LogP contribution >= 0.6 is 11.3 Å². The SMILES string of the molecule is CC(N[C@@H](C)c1cccs1)c1ccc(OCC#N)cc1. The summed E-state index contributed by atoms with van der Waals surface area (Å²) < 4.78 is 5.25. The minimum Gasteiger partial charge on any atom is -0.479 e. The van der Waals surface area contributed by atoms with Crippen LogP contribution in [0.5, 0.6) is 5.75 Å². The van der Waals surface area contributed by atoms with Crippen LogP contribution in [0.15, 0.2) is 41.8 Å². The number of thiophene rings is 1. The Bertz CT molecular complexity index is 557. The molecule has 20 heavy (non-hydrogen) atoms. The van der Waals surface area contributed by atoms with Gasteiger partial charge in [-0.15, -0.1) is 11.3 Å². The van der Waals surface area contributed by atoms with E-state index >= 15 is 0 Å². The average molecular weight is 286 g/mol. The fourth-order valence-corrected chi connectivity index (χ4v) is 2.80. The Kier molecular flexibility index (Phi) is 5.16. The molecular weight excluding hydrogens is 268 g/mol. The van der Waals surface area contributed by atoms with Gasteiger partial charge >= 0.3 is 0 Å². The Labute approximate surface area is 123 Å². The van der Waals surface area contributed by atoms with Crippen LogP contribution in [0.1, 0.15) is 36.4 Å². The maximum atomic E-state index is 8.48. The van der Waals surface area contributed by atoms with Gasteiger partial charge in [0.1, 0.15) is 11.8 Å². The van der Waals surface area contributed by atoms with Crippen molar-refractivity contribution in [2.75, 3.05) is 6.61 Å². The molecular formula is C16H18N2OS. The van der Waals surface area contributed by atoms with Crippen LogP contribution in [0.25, 0.3) is 0 Å². The van der Waals surface area contributed by atoms with Crippen molar-refractivity contribution >= 4 is 11.3 Å². The summed E-state index contributed by atoms with van der Waals surface area (Å²) in [7, 11) is 0. The van der Waals surface area contributed by atoms with E-state index in [2.05, 4.69) is 36.7 Å². The number of benzene rings is 1. The molecule has 0 radical (unpaired) electrons. The minimum absolute atomic E-state index is 0.0859. The van der Waals surface area contributed by atoms with Crippen molar-refractivity contribution in [2.24, 2.45) is 0 Å². The van der Waals surface area contributed by atoms with Crippen LogP contribution in [0, 0.1) is 11.3 Å². The molecule has 1 aromatic heterocycles. The van der Waals surface area contributed by atoms with E-state index in [4.69, 9.17) is 10.00 Å². The predicted molar refractivity (Wildman–Crippen MR) is 81.8 cm³/mol. The van der Waals surface area contributed by atoms with Crippen molar-refractivity contribution in [3.63, 3.8) is 0 Å². The average Bonchev–Trinajstić information content (AvgIpc) is 3.00. The van der Waals surface area contributed by atoms with Gasteiger partial charge in [0.15, 0.2) is 6.61 Å². The summed E-state index contributed by atoms with van der Waals surface area (Å²) in [6.07, 6.45) is 0. The Morgan fingerprint density at radius 3 is 2.55 bits per heavy atom. The highest BCUT2D eigenvalue weighted by Gasteiger charge is 2.11. The molecule has 0 aliphatic rings. The van der Waals surface area contributed by atoms with Gasteiger partial charge < -0.3 is 10.1 Å². The van der Waals surface area contributed by atoms with E-state index in [1.54, 1.807) is 11.3 Å². The summed E-state index contributed by atoms with van der Waals surface area (Å²) in [5, 5.41) is 14.2. The number of hydrogen-bond acceptors (Lipinski definition) is 4. The molecule has 0 fully saturated rings. The van der Waals surface area contributed by atoms with Gasteiger partial charge in [-0.25, -0.2) is 0 Å². The number of nitrogens with zero attached hydrogens (tertiary/aromatic N) is 1. The molecule has 0 aliphatic carbocycles. The fourth-order valence-electron chi connectivity index (χ4n) is 2.06. The van der Waals surface area contributed by atoms with Crippen molar-refractivity contribution in [3.05, 3.63) is 52.2 Å². The van der Waals surface area contributed by atoms with Crippen molar-refractivity contribution in [1.82, 2.24) is 5.32 Å². The van der Waals surface area contributed by atoms with Crippen LogP contribution in [0.3, 0.4) is 0 Å². The lowest BCUT2D eigenvalue weighted by Crippen LogP contribution is -2.21. The molecule has 1 unspecified atom stereocenters. The molecule has 1 N–H and O–H groups in total. The zero-order valence-electron chi connectivity index (χ0n) is 11.7. The van der Waals surface area contributed by atoms with Crippen molar-refractivity contribution in [2.45, 2.75) is 25.9 Å². The first-order valence-electron chi connectivity index (χ1n) is 6.60. The number of ether oxygens (including phenoxy) is 1. The first-order chi connectivity index (χ1) is 9.70. The normalized spacial score (nSPS) is 13.4. The van der Waals surface area contributed by atoms with Crippen molar-refractivity contribution < 1.29 is 4.74 Å². The summed E-state index contributed by atoms with van der Waals surface area (Å²) >= 11 is 1.77. The van der Waals surface area contributed by atoms with Gasteiger partial charge in [0.2, 0.25) is 0 Å². The molecule has 0 bridgehead atoms. The van der Waals surface area contributed by atoms with Crippen LogP contribution < -0.4 is 10.1 Å². The van der Waals surface area contributed by atoms with Crippen molar-refractivity contribution in [3.8, 4) is 11.8 Å². The van der Waals surface area contributed by atoms with E-state index in [1.807, 2.05) is 30.3 Å².